The average molecular weight is 361 g/mol. The van der Waals surface area contributed by atoms with Gasteiger partial charge in [0.25, 0.3) is 0 Å². The normalized spacial score (nSPS) is 10.9. The maximum Gasteiger partial charge on any atom is 0.144 e. The molecule has 0 atom stereocenters. The van der Waals surface area contributed by atoms with Crippen molar-refractivity contribution in [2.24, 2.45) is 5.73 Å². The number of anilines is 2. The molecule has 6 heteroatoms. The van der Waals surface area contributed by atoms with Gasteiger partial charge >= 0.3 is 0 Å². The first-order valence-electron chi connectivity index (χ1n) is 6.74. The minimum absolute atomic E-state index is 0.223. The Hall–Kier alpha value is -2.05. The molecule has 1 heterocycles. The first-order chi connectivity index (χ1) is 10.6. The van der Waals surface area contributed by atoms with Gasteiger partial charge in [-0.25, -0.2) is 14.4 Å². The quantitative estimate of drug-likeness (QED) is 0.772. The SMILES string of the molecule is CN(c1ccccc1)c1nc(CN)nc2cc(Br)c(F)cc12. The lowest BCUT2D eigenvalue weighted by molar-refractivity contribution is 0.623. The molecule has 22 heavy (non-hydrogen) atoms. The van der Waals surface area contributed by atoms with Gasteiger partial charge in [-0.3, -0.25) is 0 Å². The molecule has 2 aromatic carbocycles. The summed E-state index contributed by atoms with van der Waals surface area (Å²) in [6, 6.07) is 12.8. The Kier molecular flexibility index (Phi) is 4.04. The molecule has 0 spiro atoms. The van der Waals surface area contributed by atoms with Crippen LogP contribution in [0.3, 0.4) is 0 Å². The van der Waals surface area contributed by atoms with Crippen LogP contribution < -0.4 is 10.6 Å². The molecule has 0 fully saturated rings. The summed E-state index contributed by atoms with van der Waals surface area (Å²) in [5, 5.41) is 0.643. The van der Waals surface area contributed by atoms with Crippen molar-refractivity contribution in [1.29, 1.82) is 0 Å². The van der Waals surface area contributed by atoms with E-state index < -0.39 is 0 Å². The summed E-state index contributed by atoms with van der Waals surface area (Å²) < 4.78 is 14.3. The van der Waals surface area contributed by atoms with E-state index in [-0.39, 0.29) is 12.4 Å². The van der Waals surface area contributed by atoms with E-state index in [1.807, 2.05) is 42.3 Å². The summed E-state index contributed by atoms with van der Waals surface area (Å²) in [6.45, 7) is 0.223. The number of para-hydroxylation sites is 1. The van der Waals surface area contributed by atoms with E-state index in [0.717, 1.165) is 5.69 Å². The third-order valence-electron chi connectivity index (χ3n) is 3.41. The van der Waals surface area contributed by atoms with Crippen LogP contribution in [0.4, 0.5) is 15.9 Å². The standard InChI is InChI=1S/C16H14BrFN4/c1-22(10-5-3-2-4-6-10)16-11-7-13(18)12(17)8-14(11)20-15(9-19)21-16/h2-8H,9,19H2,1H3. The predicted octanol–water partition coefficient (Wildman–Crippen LogP) is 3.76. The molecule has 1 aromatic heterocycles. The van der Waals surface area contributed by atoms with Crippen LogP contribution in [0, 0.1) is 5.82 Å². The maximum absolute atomic E-state index is 13.9. The second-order valence-electron chi connectivity index (χ2n) is 4.85. The lowest BCUT2D eigenvalue weighted by Gasteiger charge is -2.20. The van der Waals surface area contributed by atoms with Gasteiger partial charge in [0.15, 0.2) is 0 Å². The number of rotatable bonds is 3. The van der Waals surface area contributed by atoms with E-state index >= 15 is 0 Å². The zero-order chi connectivity index (χ0) is 15.7. The van der Waals surface area contributed by atoms with Crippen LogP contribution in [0.5, 0.6) is 0 Å². The van der Waals surface area contributed by atoms with E-state index in [0.29, 0.717) is 27.0 Å². The van der Waals surface area contributed by atoms with E-state index in [1.165, 1.54) is 6.07 Å². The van der Waals surface area contributed by atoms with Crippen molar-refractivity contribution in [2.45, 2.75) is 6.54 Å². The number of benzene rings is 2. The van der Waals surface area contributed by atoms with E-state index in [9.17, 15) is 4.39 Å². The number of hydrogen-bond acceptors (Lipinski definition) is 4. The van der Waals surface area contributed by atoms with E-state index in [2.05, 4.69) is 25.9 Å². The van der Waals surface area contributed by atoms with Crippen LogP contribution in [0.25, 0.3) is 10.9 Å². The molecule has 3 aromatic rings. The predicted molar refractivity (Wildman–Crippen MR) is 89.6 cm³/mol. The zero-order valence-electron chi connectivity index (χ0n) is 11.9. The molecule has 0 amide bonds. The Labute approximate surface area is 135 Å². The summed E-state index contributed by atoms with van der Waals surface area (Å²) in [7, 11) is 1.89. The summed E-state index contributed by atoms with van der Waals surface area (Å²) in [6.07, 6.45) is 0. The first kappa shape index (κ1) is 14.9. The number of halogens is 2. The van der Waals surface area contributed by atoms with Crippen molar-refractivity contribution in [3.8, 4) is 0 Å². The van der Waals surface area contributed by atoms with Gasteiger partial charge in [0, 0.05) is 18.1 Å². The fourth-order valence-electron chi connectivity index (χ4n) is 2.28. The Balaban J connectivity index is 2.25. The van der Waals surface area contributed by atoms with Gasteiger partial charge in [0.05, 0.1) is 16.5 Å². The molecular formula is C16H14BrFN4. The molecule has 0 aliphatic carbocycles. The smallest absolute Gasteiger partial charge is 0.144 e. The Morgan fingerprint density at radius 1 is 1.18 bits per heavy atom. The Bertz CT molecular complexity index is 823. The third kappa shape index (κ3) is 2.67. The van der Waals surface area contributed by atoms with Crippen LogP contribution in [0.1, 0.15) is 5.82 Å². The number of nitrogens with zero attached hydrogens (tertiary/aromatic N) is 3. The minimum Gasteiger partial charge on any atom is -0.329 e. The number of hydrogen-bond donors (Lipinski definition) is 1. The highest BCUT2D eigenvalue weighted by Crippen LogP contribution is 2.31. The fourth-order valence-corrected chi connectivity index (χ4v) is 2.61. The largest absolute Gasteiger partial charge is 0.329 e. The average Bonchev–Trinajstić information content (AvgIpc) is 2.55. The lowest BCUT2D eigenvalue weighted by atomic mass is 10.2. The molecule has 0 aliphatic heterocycles. The summed E-state index contributed by atoms with van der Waals surface area (Å²) in [4.78, 5) is 10.7. The Morgan fingerprint density at radius 3 is 2.59 bits per heavy atom. The molecule has 0 saturated heterocycles. The topological polar surface area (TPSA) is 55.0 Å². The van der Waals surface area contributed by atoms with Gasteiger partial charge in [-0.15, -0.1) is 0 Å². The molecule has 0 bridgehead atoms. The van der Waals surface area contributed by atoms with Crippen LogP contribution in [0.2, 0.25) is 0 Å². The van der Waals surface area contributed by atoms with Crippen LogP contribution >= 0.6 is 15.9 Å². The van der Waals surface area contributed by atoms with Gasteiger partial charge in [-0.1, -0.05) is 18.2 Å². The van der Waals surface area contributed by atoms with Gasteiger partial charge in [0.1, 0.15) is 17.5 Å². The highest BCUT2D eigenvalue weighted by Gasteiger charge is 2.15. The molecule has 2 N–H and O–H groups in total. The zero-order valence-corrected chi connectivity index (χ0v) is 13.5. The van der Waals surface area contributed by atoms with Crippen molar-refractivity contribution < 1.29 is 4.39 Å². The fraction of sp³-hybridized carbons (Fsp3) is 0.125. The van der Waals surface area contributed by atoms with Crippen molar-refractivity contribution in [2.75, 3.05) is 11.9 Å². The molecule has 112 valence electrons. The molecule has 0 radical (unpaired) electrons. The van der Waals surface area contributed by atoms with Crippen molar-refractivity contribution in [1.82, 2.24) is 9.97 Å². The van der Waals surface area contributed by atoms with Gasteiger partial charge < -0.3 is 10.6 Å². The van der Waals surface area contributed by atoms with Crippen molar-refractivity contribution in [3.63, 3.8) is 0 Å². The second kappa shape index (κ2) is 5.98. The molecule has 3 rings (SSSR count). The summed E-state index contributed by atoms with van der Waals surface area (Å²) >= 11 is 3.19. The highest BCUT2D eigenvalue weighted by molar-refractivity contribution is 9.10. The van der Waals surface area contributed by atoms with Gasteiger partial charge in [-0.2, -0.15) is 0 Å². The molecule has 4 nitrogen and oxygen atoms in total. The second-order valence-corrected chi connectivity index (χ2v) is 5.70. The molecule has 0 unspecified atom stereocenters. The van der Waals surface area contributed by atoms with Crippen molar-refractivity contribution in [3.05, 3.63) is 58.6 Å². The van der Waals surface area contributed by atoms with Gasteiger partial charge in [0.2, 0.25) is 0 Å². The van der Waals surface area contributed by atoms with E-state index in [1.54, 1.807) is 6.07 Å². The summed E-state index contributed by atoms with van der Waals surface area (Å²) in [5.41, 5.74) is 7.29. The number of nitrogens with two attached hydrogens (primary N) is 1. The third-order valence-corrected chi connectivity index (χ3v) is 4.02. The van der Waals surface area contributed by atoms with Crippen LogP contribution in [0.15, 0.2) is 46.9 Å². The summed E-state index contributed by atoms with van der Waals surface area (Å²) in [5.74, 6) is 0.797. The van der Waals surface area contributed by atoms with Crippen LogP contribution in [-0.4, -0.2) is 17.0 Å². The van der Waals surface area contributed by atoms with Crippen LogP contribution in [-0.2, 0) is 6.54 Å². The number of fused-ring (bicyclic) bond motifs is 1. The Morgan fingerprint density at radius 2 is 1.91 bits per heavy atom. The van der Waals surface area contributed by atoms with E-state index in [4.69, 9.17) is 5.73 Å². The monoisotopic (exact) mass is 360 g/mol. The highest BCUT2D eigenvalue weighted by atomic mass is 79.9. The molecule has 0 aliphatic rings. The molecular weight excluding hydrogens is 347 g/mol. The lowest BCUT2D eigenvalue weighted by Crippen LogP contribution is -2.15. The van der Waals surface area contributed by atoms with Crippen molar-refractivity contribution >= 4 is 38.3 Å². The molecule has 0 saturated carbocycles. The number of aromatic nitrogens is 2. The van der Waals surface area contributed by atoms with Gasteiger partial charge in [-0.05, 0) is 40.2 Å². The maximum atomic E-state index is 13.9. The minimum atomic E-state index is -0.348. The first-order valence-corrected chi connectivity index (χ1v) is 7.54.